The van der Waals surface area contributed by atoms with Crippen molar-refractivity contribution in [3.05, 3.63) is 205 Å². The third-order valence-electron chi connectivity index (χ3n) is 12.7. The average Bonchev–Trinajstić information content (AvgIpc) is 3.60. The van der Waals surface area contributed by atoms with Gasteiger partial charge in [-0.15, -0.1) is 0 Å². The van der Waals surface area contributed by atoms with Crippen molar-refractivity contribution in [3.8, 4) is 39.1 Å². The van der Waals surface area contributed by atoms with Gasteiger partial charge in [-0.1, -0.05) is 161 Å². The molecule has 9 aromatic rings. The zero-order chi connectivity index (χ0) is 39.4. The topological polar surface area (TPSA) is 8.17 Å². The maximum Gasteiger partial charge on any atom is 0.0561 e. The molecule has 0 fully saturated rings. The number of aromatic nitrogens is 1. The van der Waals surface area contributed by atoms with E-state index in [-0.39, 0.29) is 10.8 Å². The minimum atomic E-state index is 0.114. The fourth-order valence-corrected chi connectivity index (χ4v) is 9.28. The van der Waals surface area contributed by atoms with Crippen LogP contribution in [0.25, 0.3) is 60.9 Å². The van der Waals surface area contributed by atoms with Crippen molar-refractivity contribution in [2.45, 2.75) is 51.4 Å². The summed E-state index contributed by atoms with van der Waals surface area (Å²) in [5.74, 6) is 0. The number of para-hydroxylation sites is 1. The van der Waals surface area contributed by atoms with Crippen LogP contribution in [-0.4, -0.2) is 4.57 Å². The van der Waals surface area contributed by atoms with E-state index in [2.05, 4.69) is 231 Å². The number of hydrogen-bond acceptors (Lipinski definition) is 1. The van der Waals surface area contributed by atoms with Crippen LogP contribution in [0.15, 0.2) is 194 Å². The van der Waals surface area contributed by atoms with Gasteiger partial charge in [-0.05, 0) is 129 Å². The molecule has 0 spiro atoms. The molecule has 282 valence electrons. The van der Waals surface area contributed by atoms with Crippen LogP contribution in [0.1, 0.15) is 51.7 Å². The van der Waals surface area contributed by atoms with Gasteiger partial charge < -0.3 is 9.47 Å². The molecule has 2 heteroatoms. The molecule has 0 bridgehead atoms. The summed E-state index contributed by atoms with van der Waals surface area (Å²) in [6, 6.07) is 71.3. The van der Waals surface area contributed by atoms with Crippen molar-refractivity contribution >= 4 is 38.9 Å². The van der Waals surface area contributed by atoms with E-state index in [4.69, 9.17) is 0 Å². The highest BCUT2D eigenvalue weighted by atomic mass is 15.1. The van der Waals surface area contributed by atoms with E-state index in [9.17, 15) is 0 Å². The number of rotatable bonds is 7. The predicted molar refractivity (Wildman–Crippen MR) is 247 cm³/mol. The Hall–Kier alpha value is -6.64. The number of hydrogen-bond donors (Lipinski definition) is 0. The molecule has 0 aliphatic heterocycles. The van der Waals surface area contributed by atoms with Crippen LogP contribution in [0.4, 0.5) is 17.1 Å². The molecule has 1 aromatic heterocycles. The lowest BCUT2D eigenvalue weighted by Gasteiger charge is -2.42. The quantitative estimate of drug-likeness (QED) is 0.158. The fraction of sp³-hybridized carbons (Fsp3) is 0.143. The van der Waals surface area contributed by atoms with Gasteiger partial charge in [0.25, 0.3) is 0 Å². The minimum Gasteiger partial charge on any atom is -0.310 e. The van der Waals surface area contributed by atoms with Gasteiger partial charge in [-0.25, -0.2) is 0 Å². The van der Waals surface area contributed by atoms with E-state index in [1.165, 1.54) is 84.8 Å². The van der Waals surface area contributed by atoms with Gasteiger partial charge in [0.1, 0.15) is 0 Å². The molecule has 0 unspecified atom stereocenters. The zero-order valence-electron chi connectivity index (χ0n) is 33.8. The molecule has 0 atom stereocenters. The van der Waals surface area contributed by atoms with E-state index in [0.29, 0.717) is 0 Å². The number of anilines is 3. The third-order valence-corrected chi connectivity index (χ3v) is 12.7. The number of benzene rings is 8. The Morgan fingerprint density at radius 1 is 0.362 bits per heavy atom. The summed E-state index contributed by atoms with van der Waals surface area (Å²) in [5, 5.41) is 2.52. The monoisotopic (exact) mass is 748 g/mol. The van der Waals surface area contributed by atoms with Crippen molar-refractivity contribution in [3.63, 3.8) is 0 Å². The lowest BCUT2D eigenvalue weighted by Crippen LogP contribution is -2.33. The molecule has 2 nitrogen and oxygen atoms in total. The highest BCUT2D eigenvalue weighted by Crippen LogP contribution is 2.47. The van der Waals surface area contributed by atoms with E-state index < -0.39 is 0 Å². The summed E-state index contributed by atoms with van der Waals surface area (Å²) in [6.45, 7) is 9.65. The summed E-state index contributed by atoms with van der Waals surface area (Å²) >= 11 is 0. The van der Waals surface area contributed by atoms with Crippen LogP contribution in [0, 0.1) is 0 Å². The Morgan fingerprint density at radius 2 is 0.845 bits per heavy atom. The smallest absolute Gasteiger partial charge is 0.0561 e. The van der Waals surface area contributed by atoms with Gasteiger partial charge in [0.2, 0.25) is 0 Å². The van der Waals surface area contributed by atoms with Crippen molar-refractivity contribution < 1.29 is 0 Å². The molecule has 1 heterocycles. The summed E-state index contributed by atoms with van der Waals surface area (Å²) < 4.78 is 2.49. The minimum absolute atomic E-state index is 0.114. The SMILES string of the molecule is CC1(C)CCC(C)(C)c2cc(-n3c4ccccc4c4ccc(N(c5ccc(-c6ccccc6)cc5)c5ccc(-c6cccc(-c7ccccc7)c6)cc5)cc43)ccc21. The Balaban J connectivity index is 1.12. The molecule has 1 aliphatic carbocycles. The first kappa shape index (κ1) is 35.8. The zero-order valence-corrected chi connectivity index (χ0v) is 33.8. The van der Waals surface area contributed by atoms with Crippen LogP contribution in [-0.2, 0) is 10.8 Å². The first-order valence-corrected chi connectivity index (χ1v) is 20.6. The van der Waals surface area contributed by atoms with Gasteiger partial charge in [0.15, 0.2) is 0 Å². The average molecular weight is 749 g/mol. The first-order chi connectivity index (χ1) is 28.2. The van der Waals surface area contributed by atoms with Crippen molar-refractivity contribution in [1.29, 1.82) is 0 Å². The van der Waals surface area contributed by atoms with Crippen LogP contribution < -0.4 is 4.90 Å². The fourth-order valence-electron chi connectivity index (χ4n) is 9.28. The first-order valence-electron chi connectivity index (χ1n) is 20.6. The summed E-state index contributed by atoms with van der Waals surface area (Å²) in [5.41, 5.74) is 17.4. The number of fused-ring (bicyclic) bond motifs is 4. The molecule has 10 rings (SSSR count). The van der Waals surface area contributed by atoms with Crippen molar-refractivity contribution in [1.82, 2.24) is 4.57 Å². The molecule has 0 amide bonds. The van der Waals surface area contributed by atoms with Crippen molar-refractivity contribution in [2.24, 2.45) is 0 Å². The number of nitrogens with zero attached hydrogens (tertiary/aromatic N) is 2. The molecule has 0 radical (unpaired) electrons. The molecule has 0 saturated heterocycles. The van der Waals surface area contributed by atoms with Crippen LogP contribution in [0.5, 0.6) is 0 Å². The van der Waals surface area contributed by atoms with Gasteiger partial charge >= 0.3 is 0 Å². The molecular weight excluding hydrogens is 701 g/mol. The van der Waals surface area contributed by atoms with Gasteiger partial charge in [0.05, 0.1) is 11.0 Å². The normalized spacial score (nSPS) is 14.3. The molecule has 0 N–H and O–H groups in total. The van der Waals surface area contributed by atoms with Crippen LogP contribution in [0.2, 0.25) is 0 Å². The lowest BCUT2D eigenvalue weighted by molar-refractivity contribution is 0.332. The second kappa shape index (κ2) is 14.1. The molecule has 8 aromatic carbocycles. The van der Waals surface area contributed by atoms with E-state index >= 15 is 0 Å². The maximum atomic E-state index is 2.49. The third kappa shape index (κ3) is 6.30. The second-order valence-electron chi connectivity index (χ2n) is 17.3. The second-order valence-corrected chi connectivity index (χ2v) is 17.3. The summed E-state index contributed by atoms with van der Waals surface area (Å²) in [4.78, 5) is 2.40. The Kier molecular flexibility index (Phi) is 8.68. The van der Waals surface area contributed by atoms with Gasteiger partial charge in [-0.3, -0.25) is 0 Å². The summed E-state index contributed by atoms with van der Waals surface area (Å²) in [6.07, 6.45) is 2.39. The lowest BCUT2D eigenvalue weighted by atomic mass is 9.63. The Labute approximate surface area is 342 Å². The van der Waals surface area contributed by atoms with E-state index in [1.807, 2.05) is 0 Å². The molecular formula is C56H48N2. The van der Waals surface area contributed by atoms with Gasteiger partial charge in [-0.2, -0.15) is 0 Å². The largest absolute Gasteiger partial charge is 0.310 e. The predicted octanol–water partition coefficient (Wildman–Crippen LogP) is 15.6. The maximum absolute atomic E-state index is 2.49. The van der Waals surface area contributed by atoms with Crippen LogP contribution >= 0.6 is 0 Å². The Bertz CT molecular complexity index is 2910. The molecule has 1 aliphatic rings. The standard InChI is InChI=1S/C56H48N2/c1-55(2)34-35-56(3,4)52-37-47(31-33-51(52)55)58-53-21-12-11-20-49(53)50-32-30-48(38-54(50)58)57(45-26-22-41(23-27-45)39-14-7-5-8-15-39)46-28-24-42(25-29-46)44-19-13-18-43(36-44)40-16-9-6-10-17-40/h5-33,36-38H,34-35H2,1-4H3. The summed E-state index contributed by atoms with van der Waals surface area (Å²) in [7, 11) is 0. The van der Waals surface area contributed by atoms with E-state index in [0.717, 1.165) is 17.1 Å². The highest BCUT2D eigenvalue weighted by Gasteiger charge is 2.37. The van der Waals surface area contributed by atoms with Crippen molar-refractivity contribution in [2.75, 3.05) is 4.90 Å². The molecule has 58 heavy (non-hydrogen) atoms. The van der Waals surface area contributed by atoms with E-state index in [1.54, 1.807) is 0 Å². The Morgan fingerprint density at radius 3 is 1.48 bits per heavy atom. The highest BCUT2D eigenvalue weighted by molar-refractivity contribution is 6.10. The van der Waals surface area contributed by atoms with Crippen LogP contribution in [0.3, 0.4) is 0 Å². The molecule has 0 saturated carbocycles. The van der Waals surface area contributed by atoms with Gasteiger partial charge in [0, 0.05) is 33.5 Å².